The monoisotopic (exact) mass is 156 g/mol. The van der Waals surface area contributed by atoms with Gasteiger partial charge in [0.25, 0.3) is 0 Å². The van der Waals surface area contributed by atoms with E-state index in [1.54, 1.807) is 0 Å². The van der Waals surface area contributed by atoms with Crippen LogP contribution in [0.3, 0.4) is 0 Å². The Morgan fingerprint density at radius 1 is 1.09 bits per heavy atom. The number of hydrogen-bond acceptors (Lipinski definition) is 1. The first kappa shape index (κ1) is 9.05. The summed E-state index contributed by atoms with van der Waals surface area (Å²) in [5, 5.41) is 9.41. The molecule has 1 aliphatic rings. The summed E-state index contributed by atoms with van der Waals surface area (Å²) >= 11 is 0. The molecule has 0 bridgehead atoms. The van der Waals surface area contributed by atoms with E-state index in [2.05, 4.69) is 13.8 Å². The first-order chi connectivity index (χ1) is 5.09. The van der Waals surface area contributed by atoms with Gasteiger partial charge in [0.2, 0.25) is 0 Å². The molecule has 1 fully saturated rings. The van der Waals surface area contributed by atoms with Gasteiger partial charge in [-0.25, -0.2) is 0 Å². The van der Waals surface area contributed by atoms with Gasteiger partial charge < -0.3 is 5.11 Å². The van der Waals surface area contributed by atoms with Crippen molar-refractivity contribution in [2.24, 2.45) is 17.8 Å². The molecule has 0 aromatic carbocycles. The fourth-order valence-electron chi connectivity index (χ4n) is 2.40. The molecule has 0 aromatic heterocycles. The summed E-state index contributed by atoms with van der Waals surface area (Å²) < 4.78 is 0. The third-order valence-corrected chi connectivity index (χ3v) is 2.90. The second-order valence-electron chi connectivity index (χ2n) is 4.42. The van der Waals surface area contributed by atoms with Crippen molar-refractivity contribution < 1.29 is 5.11 Å². The molecule has 3 atom stereocenters. The van der Waals surface area contributed by atoms with Gasteiger partial charge in [0.05, 0.1) is 6.10 Å². The van der Waals surface area contributed by atoms with E-state index in [4.69, 9.17) is 0 Å². The number of rotatable bonds is 1. The Balaban J connectivity index is 2.43. The molecule has 0 amide bonds. The molecule has 0 heterocycles. The van der Waals surface area contributed by atoms with Crippen LogP contribution in [0.1, 0.15) is 40.0 Å². The molecule has 1 N–H and O–H groups in total. The maximum atomic E-state index is 9.41. The lowest BCUT2D eigenvalue weighted by Gasteiger charge is -2.32. The van der Waals surface area contributed by atoms with E-state index < -0.39 is 0 Å². The summed E-state index contributed by atoms with van der Waals surface area (Å²) in [5.41, 5.74) is 0. The minimum atomic E-state index is -0.0970. The van der Waals surface area contributed by atoms with Gasteiger partial charge in [-0.15, -0.1) is 0 Å². The third-order valence-electron chi connectivity index (χ3n) is 2.90. The fraction of sp³-hybridized carbons (Fsp3) is 1.00. The highest BCUT2D eigenvalue weighted by Gasteiger charge is 2.26. The van der Waals surface area contributed by atoms with Gasteiger partial charge in [-0.2, -0.15) is 0 Å². The zero-order valence-electron chi connectivity index (χ0n) is 7.88. The minimum absolute atomic E-state index is 0.0970. The zero-order chi connectivity index (χ0) is 8.43. The molecule has 11 heavy (non-hydrogen) atoms. The Morgan fingerprint density at radius 2 is 1.55 bits per heavy atom. The van der Waals surface area contributed by atoms with Crippen molar-refractivity contribution in [3.8, 4) is 0 Å². The minimum Gasteiger partial charge on any atom is -0.393 e. The van der Waals surface area contributed by atoms with Crippen molar-refractivity contribution in [1.82, 2.24) is 0 Å². The van der Waals surface area contributed by atoms with E-state index >= 15 is 0 Å². The summed E-state index contributed by atoms with van der Waals surface area (Å²) in [4.78, 5) is 0. The van der Waals surface area contributed by atoms with Gasteiger partial charge in [0.15, 0.2) is 0 Å². The maximum Gasteiger partial charge on any atom is 0.0540 e. The number of aliphatic hydroxyl groups excluding tert-OH is 1. The largest absolute Gasteiger partial charge is 0.393 e. The van der Waals surface area contributed by atoms with Gasteiger partial charge in [-0.1, -0.05) is 13.8 Å². The van der Waals surface area contributed by atoms with Crippen molar-refractivity contribution >= 4 is 0 Å². The predicted octanol–water partition coefficient (Wildman–Crippen LogP) is 2.44. The predicted molar refractivity (Wildman–Crippen MR) is 47.3 cm³/mol. The lowest BCUT2D eigenvalue weighted by atomic mass is 9.75. The molecule has 0 saturated heterocycles. The highest BCUT2D eigenvalue weighted by molar-refractivity contribution is 4.77. The fourth-order valence-corrected chi connectivity index (χ4v) is 2.40. The average molecular weight is 156 g/mol. The molecule has 1 saturated carbocycles. The Labute approximate surface area is 69.8 Å². The smallest absolute Gasteiger partial charge is 0.0540 e. The van der Waals surface area contributed by atoms with E-state index in [1.165, 1.54) is 19.3 Å². The van der Waals surface area contributed by atoms with Crippen molar-refractivity contribution in [3.05, 3.63) is 0 Å². The zero-order valence-corrected chi connectivity index (χ0v) is 7.88. The lowest BCUT2D eigenvalue weighted by molar-refractivity contribution is 0.0691. The molecule has 1 nitrogen and oxygen atoms in total. The van der Waals surface area contributed by atoms with Crippen LogP contribution in [0.2, 0.25) is 0 Å². The standard InChI is InChI=1S/C10H20O/c1-7-4-8(2)6-10(5-7)9(3)11/h7-11H,4-6H2,1-3H3. The maximum absolute atomic E-state index is 9.41. The summed E-state index contributed by atoms with van der Waals surface area (Å²) in [7, 11) is 0. The van der Waals surface area contributed by atoms with E-state index in [0.717, 1.165) is 11.8 Å². The molecule has 66 valence electrons. The van der Waals surface area contributed by atoms with Crippen molar-refractivity contribution in [1.29, 1.82) is 0 Å². The van der Waals surface area contributed by atoms with Gasteiger partial charge in [-0.05, 0) is 43.9 Å². The molecule has 0 aliphatic heterocycles. The SMILES string of the molecule is CC1CC(C)CC(C(C)O)C1. The molecule has 0 radical (unpaired) electrons. The van der Waals surface area contributed by atoms with Crippen LogP contribution in [-0.4, -0.2) is 11.2 Å². The van der Waals surface area contributed by atoms with E-state index in [0.29, 0.717) is 5.92 Å². The molecule has 0 spiro atoms. The Kier molecular flexibility index (Phi) is 2.94. The van der Waals surface area contributed by atoms with E-state index in [9.17, 15) is 5.11 Å². The summed E-state index contributed by atoms with van der Waals surface area (Å²) in [6.45, 7) is 6.52. The van der Waals surface area contributed by atoms with Crippen molar-refractivity contribution in [3.63, 3.8) is 0 Å². The molecule has 0 aromatic rings. The van der Waals surface area contributed by atoms with Crippen LogP contribution < -0.4 is 0 Å². The molecule has 3 unspecified atom stereocenters. The Bertz CT molecular complexity index is 110. The first-order valence-corrected chi connectivity index (χ1v) is 4.77. The van der Waals surface area contributed by atoms with Crippen molar-refractivity contribution in [2.45, 2.75) is 46.1 Å². The van der Waals surface area contributed by atoms with Crippen LogP contribution >= 0.6 is 0 Å². The van der Waals surface area contributed by atoms with Gasteiger partial charge >= 0.3 is 0 Å². The summed E-state index contributed by atoms with van der Waals surface area (Å²) in [5.74, 6) is 2.20. The van der Waals surface area contributed by atoms with Crippen LogP contribution in [-0.2, 0) is 0 Å². The topological polar surface area (TPSA) is 20.2 Å². The lowest BCUT2D eigenvalue weighted by Crippen LogP contribution is -2.27. The molecular weight excluding hydrogens is 136 g/mol. The highest BCUT2D eigenvalue weighted by atomic mass is 16.3. The molecule has 1 heteroatoms. The highest BCUT2D eigenvalue weighted by Crippen LogP contribution is 2.34. The van der Waals surface area contributed by atoms with Gasteiger partial charge in [0, 0.05) is 0 Å². The summed E-state index contributed by atoms with van der Waals surface area (Å²) in [6.07, 6.45) is 3.70. The van der Waals surface area contributed by atoms with E-state index in [1.807, 2.05) is 6.92 Å². The second kappa shape index (κ2) is 3.57. The van der Waals surface area contributed by atoms with Crippen LogP contribution in [0.15, 0.2) is 0 Å². The van der Waals surface area contributed by atoms with Gasteiger partial charge in [-0.3, -0.25) is 0 Å². The first-order valence-electron chi connectivity index (χ1n) is 4.77. The normalized spacial score (nSPS) is 42.0. The number of hydrogen-bond donors (Lipinski definition) is 1. The Morgan fingerprint density at radius 3 is 1.91 bits per heavy atom. The molecular formula is C10H20O. The van der Waals surface area contributed by atoms with Crippen LogP contribution in [0, 0.1) is 17.8 Å². The Hall–Kier alpha value is -0.0400. The van der Waals surface area contributed by atoms with E-state index in [-0.39, 0.29) is 6.10 Å². The van der Waals surface area contributed by atoms with Gasteiger partial charge in [0.1, 0.15) is 0 Å². The quantitative estimate of drug-likeness (QED) is 0.618. The van der Waals surface area contributed by atoms with Crippen molar-refractivity contribution in [2.75, 3.05) is 0 Å². The van der Waals surface area contributed by atoms with Crippen LogP contribution in [0.25, 0.3) is 0 Å². The third kappa shape index (κ3) is 2.48. The molecule has 1 aliphatic carbocycles. The van der Waals surface area contributed by atoms with Crippen LogP contribution in [0.5, 0.6) is 0 Å². The summed E-state index contributed by atoms with van der Waals surface area (Å²) in [6, 6.07) is 0. The van der Waals surface area contributed by atoms with Crippen LogP contribution in [0.4, 0.5) is 0 Å². The second-order valence-corrected chi connectivity index (χ2v) is 4.42. The number of aliphatic hydroxyl groups is 1. The average Bonchev–Trinajstić information content (AvgIpc) is 1.85. The molecule has 1 rings (SSSR count).